The highest BCUT2D eigenvalue weighted by Crippen LogP contribution is 2.31. The van der Waals surface area contributed by atoms with Crippen molar-refractivity contribution in [1.29, 1.82) is 0 Å². The van der Waals surface area contributed by atoms with Crippen molar-refractivity contribution in [3.05, 3.63) is 70.7 Å². The van der Waals surface area contributed by atoms with Crippen molar-refractivity contribution in [2.24, 2.45) is 0 Å². The highest BCUT2D eigenvalue weighted by Gasteiger charge is 2.46. The van der Waals surface area contributed by atoms with Gasteiger partial charge in [-0.2, -0.15) is 0 Å². The minimum absolute atomic E-state index is 0.0226. The minimum atomic E-state index is -0.812. The molecule has 0 bridgehead atoms. The standard InChI is InChI=1S/C21H23ClN2O2/c1-21(20(26)23-15-16-7-3-2-4-8-16)13-11-19(25)24(21)14-12-17-9-5-6-10-18(17)22/h2-10H,11-15H2,1H3,(H,23,26). The third-order valence-electron chi connectivity index (χ3n) is 5.07. The SMILES string of the molecule is CC1(C(=O)NCc2ccccc2)CCC(=O)N1CCc1ccccc1Cl. The second kappa shape index (κ2) is 7.92. The van der Waals surface area contributed by atoms with Crippen LogP contribution in [0.2, 0.25) is 5.02 Å². The minimum Gasteiger partial charge on any atom is -0.350 e. The van der Waals surface area contributed by atoms with Crippen molar-refractivity contribution in [2.45, 2.75) is 38.3 Å². The number of carbonyl (C=O) groups is 2. The van der Waals surface area contributed by atoms with Gasteiger partial charge in [-0.25, -0.2) is 0 Å². The van der Waals surface area contributed by atoms with Crippen molar-refractivity contribution >= 4 is 23.4 Å². The Morgan fingerprint density at radius 3 is 2.58 bits per heavy atom. The molecule has 3 rings (SSSR count). The monoisotopic (exact) mass is 370 g/mol. The van der Waals surface area contributed by atoms with Crippen LogP contribution in [0.25, 0.3) is 0 Å². The van der Waals surface area contributed by atoms with E-state index in [0.29, 0.717) is 37.4 Å². The van der Waals surface area contributed by atoms with Crippen LogP contribution in [0.3, 0.4) is 0 Å². The summed E-state index contributed by atoms with van der Waals surface area (Å²) < 4.78 is 0. The van der Waals surface area contributed by atoms with Crippen molar-refractivity contribution in [3.8, 4) is 0 Å². The first-order chi connectivity index (χ1) is 12.5. The molecule has 5 heteroatoms. The van der Waals surface area contributed by atoms with Crippen LogP contribution in [-0.2, 0) is 22.6 Å². The van der Waals surface area contributed by atoms with E-state index in [2.05, 4.69) is 5.32 Å². The third-order valence-corrected chi connectivity index (χ3v) is 5.44. The van der Waals surface area contributed by atoms with E-state index in [1.54, 1.807) is 4.90 Å². The molecule has 1 N–H and O–H groups in total. The molecule has 0 spiro atoms. The molecule has 0 saturated carbocycles. The zero-order chi connectivity index (χ0) is 18.6. The maximum absolute atomic E-state index is 12.8. The number of hydrogen-bond donors (Lipinski definition) is 1. The summed E-state index contributed by atoms with van der Waals surface area (Å²) in [7, 11) is 0. The van der Waals surface area contributed by atoms with Crippen molar-refractivity contribution < 1.29 is 9.59 Å². The summed E-state index contributed by atoms with van der Waals surface area (Å²) in [5, 5.41) is 3.67. The molecule has 1 saturated heterocycles. The molecule has 2 amide bonds. The summed E-state index contributed by atoms with van der Waals surface area (Å²) in [6.07, 6.45) is 1.57. The van der Waals surface area contributed by atoms with Gasteiger partial charge in [0.25, 0.3) is 0 Å². The van der Waals surface area contributed by atoms with Crippen molar-refractivity contribution in [1.82, 2.24) is 10.2 Å². The summed E-state index contributed by atoms with van der Waals surface area (Å²) >= 11 is 6.21. The van der Waals surface area contributed by atoms with E-state index in [1.165, 1.54) is 0 Å². The largest absolute Gasteiger partial charge is 0.350 e. The lowest BCUT2D eigenvalue weighted by Crippen LogP contribution is -2.54. The van der Waals surface area contributed by atoms with Crippen LogP contribution in [-0.4, -0.2) is 28.8 Å². The number of likely N-dealkylation sites (tertiary alicyclic amines) is 1. The Kier molecular flexibility index (Phi) is 5.62. The third kappa shape index (κ3) is 3.91. The lowest BCUT2D eigenvalue weighted by atomic mass is 9.97. The Balaban J connectivity index is 1.66. The van der Waals surface area contributed by atoms with Gasteiger partial charge in [-0.3, -0.25) is 9.59 Å². The first kappa shape index (κ1) is 18.5. The summed E-state index contributed by atoms with van der Waals surface area (Å²) in [4.78, 5) is 26.9. The maximum atomic E-state index is 12.8. The van der Waals surface area contributed by atoms with Gasteiger partial charge < -0.3 is 10.2 Å². The van der Waals surface area contributed by atoms with Crippen LogP contribution < -0.4 is 5.32 Å². The molecule has 1 aliphatic heterocycles. The molecule has 1 atom stereocenters. The lowest BCUT2D eigenvalue weighted by Gasteiger charge is -2.34. The second-order valence-corrected chi connectivity index (χ2v) is 7.24. The van der Waals surface area contributed by atoms with Crippen LogP contribution in [0, 0.1) is 0 Å². The van der Waals surface area contributed by atoms with E-state index in [9.17, 15) is 9.59 Å². The molecule has 1 heterocycles. The second-order valence-electron chi connectivity index (χ2n) is 6.83. The topological polar surface area (TPSA) is 49.4 Å². The molecule has 0 aliphatic carbocycles. The Hall–Kier alpha value is -2.33. The molecule has 0 radical (unpaired) electrons. The summed E-state index contributed by atoms with van der Waals surface area (Å²) in [5.74, 6) is -0.0826. The first-order valence-electron chi connectivity index (χ1n) is 8.87. The summed E-state index contributed by atoms with van der Waals surface area (Å²) in [6.45, 7) is 2.80. The van der Waals surface area contributed by atoms with E-state index in [0.717, 1.165) is 11.1 Å². The molecule has 0 aromatic heterocycles. The summed E-state index contributed by atoms with van der Waals surface area (Å²) in [5.41, 5.74) is 1.21. The number of amides is 2. The number of rotatable bonds is 6. The fraction of sp³-hybridized carbons (Fsp3) is 0.333. The predicted octanol–water partition coefficient (Wildman–Crippen LogP) is 3.58. The van der Waals surface area contributed by atoms with Gasteiger partial charge >= 0.3 is 0 Å². The number of benzene rings is 2. The number of halogens is 1. The Morgan fingerprint density at radius 1 is 1.15 bits per heavy atom. The predicted molar refractivity (Wildman–Crippen MR) is 103 cm³/mol. The van der Waals surface area contributed by atoms with Gasteiger partial charge in [0.2, 0.25) is 11.8 Å². The molecule has 4 nitrogen and oxygen atoms in total. The molecular weight excluding hydrogens is 348 g/mol. The number of carbonyl (C=O) groups excluding carboxylic acids is 2. The maximum Gasteiger partial charge on any atom is 0.245 e. The van der Waals surface area contributed by atoms with Gasteiger partial charge in [-0.15, -0.1) is 0 Å². The molecule has 136 valence electrons. The molecule has 26 heavy (non-hydrogen) atoms. The number of nitrogens with one attached hydrogen (secondary N) is 1. The average Bonchev–Trinajstić information content (AvgIpc) is 2.95. The van der Waals surface area contributed by atoms with Gasteiger partial charge in [0.05, 0.1) is 0 Å². The molecule has 1 aliphatic rings. The van der Waals surface area contributed by atoms with Gasteiger partial charge in [0.1, 0.15) is 5.54 Å². The average molecular weight is 371 g/mol. The van der Waals surface area contributed by atoms with Gasteiger partial charge in [0, 0.05) is 24.5 Å². The molecule has 1 fully saturated rings. The normalized spacial score (nSPS) is 19.6. The quantitative estimate of drug-likeness (QED) is 0.844. The van der Waals surface area contributed by atoms with E-state index in [-0.39, 0.29) is 11.8 Å². The Bertz CT molecular complexity index is 794. The summed E-state index contributed by atoms with van der Waals surface area (Å²) in [6, 6.07) is 17.4. The lowest BCUT2D eigenvalue weighted by molar-refractivity contribution is -0.140. The van der Waals surface area contributed by atoms with Crippen LogP contribution in [0.15, 0.2) is 54.6 Å². The first-order valence-corrected chi connectivity index (χ1v) is 9.24. The van der Waals surface area contributed by atoms with E-state index >= 15 is 0 Å². The molecule has 2 aromatic carbocycles. The van der Waals surface area contributed by atoms with Crippen molar-refractivity contribution in [3.63, 3.8) is 0 Å². The smallest absolute Gasteiger partial charge is 0.245 e. The van der Waals surface area contributed by atoms with Crippen LogP contribution in [0.1, 0.15) is 30.9 Å². The number of hydrogen-bond acceptors (Lipinski definition) is 2. The number of nitrogens with zero attached hydrogens (tertiary/aromatic N) is 1. The van der Waals surface area contributed by atoms with Gasteiger partial charge in [-0.05, 0) is 37.0 Å². The van der Waals surface area contributed by atoms with Crippen molar-refractivity contribution in [2.75, 3.05) is 6.54 Å². The highest BCUT2D eigenvalue weighted by atomic mass is 35.5. The van der Waals surface area contributed by atoms with E-state index in [1.807, 2.05) is 61.5 Å². The van der Waals surface area contributed by atoms with E-state index < -0.39 is 5.54 Å². The highest BCUT2D eigenvalue weighted by molar-refractivity contribution is 6.31. The van der Waals surface area contributed by atoms with Gasteiger partial charge in [-0.1, -0.05) is 60.1 Å². The molecule has 2 aromatic rings. The zero-order valence-electron chi connectivity index (χ0n) is 14.9. The fourth-order valence-corrected chi connectivity index (χ4v) is 3.64. The van der Waals surface area contributed by atoms with Crippen LogP contribution in [0.5, 0.6) is 0 Å². The Morgan fingerprint density at radius 2 is 1.85 bits per heavy atom. The van der Waals surface area contributed by atoms with Crippen LogP contribution in [0.4, 0.5) is 0 Å². The van der Waals surface area contributed by atoms with Crippen LogP contribution >= 0.6 is 11.6 Å². The Labute approximate surface area is 159 Å². The fourth-order valence-electron chi connectivity index (χ4n) is 3.41. The molecule has 1 unspecified atom stereocenters. The van der Waals surface area contributed by atoms with Gasteiger partial charge in [0.15, 0.2) is 0 Å². The van der Waals surface area contributed by atoms with E-state index in [4.69, 9.17) is 11.6 Å². The molecular formula is C21H23ClN2O2. The zero-order valence-corrected chi connectivity index (χ0v) is 15.6.